The van der Waals surface area contributed by atoms with Crippen molar-refractivity contribution in [2.24, 2.45) is 11.7 Å². The quantitative estimate of drug-likeness (QED) is 0.308. The number of methoxy groups -OCH3 is 1. The SMILES string of the molecule is COC(=O)c1ccc(C(=O)NCc2nc(-c3ccc(OC(F)F)c(OCC4CC4)c3)oc2[C@H](C)N)c(F)c1.Cl. The minimum Gasteiger partial charge on any atom is -0.489 e. The smallest absolute Gasteiger partial charge is 0.387 e. The van der Waals surface area contributed by atoms with Crippen LogP contribution in [0.1, 0.15) is 58.0 Å². The highest BCUT2D eigenvalue weighted by atomic mass is 35.5. The lowest BCUT2D eigenvalue weighted by molar-refractivity contribution is -0.0515. The molecule has 0 radical (unpaired) electrons. The molecular formula is C26H27ClF3N3O6. The summed E-state index contributed by atoms with van der Waals surface area (Å²) in [6.45, 7) is -1.14. The second-order valence-electron chi connectivity index (χ2n) is 8.78. The molecule has 1 amide bonds. The second kappa shape index (κ2) is 12.9. The van der Waals surface area contributed by atoms with Crippen molar-refractivity contribution in [2.75, 3.05) is 13.7 Å². The fourth-order valence-corrected chi connectivity index (χ4v) is 3.61. The van der Waals surface area contributed by atoms with E-state index in [2.05, 4.69) is 19.8 Å². The zero-order chi connectivity index (χ0) is 27.4. The summed E-state index contributed by atoms with van der Waals surface area (Å²) in [5.41, 5.74) is 6.42. The number of hydrogen-bond acceptors (Lipinski definition) is 8. The summed E-state index contributed by atoms with van der Waals surface area (Å²) in [7, 11) is 1.16. The van der Waals surface area contributed by atoms with E-state index >= 15 is 0 Å². The largest absolute Gasteiger partial charge is 0.489 e. The predicted octanol–water partition coefficient (Wildman–Crippen LogP) is 5.03. The zero-order valence-electron chi connectivity index (χ0n) is 21.0. The first kappa shape index (κ1) is 29.8. The van der Waals surface area contributed by atoms with E-state index in [1.807, 2.05) is 0 Å². The first-order valence-electron chi connectivity index (χ1n) is 11.8. The van der Waals surface area contributed by atoms with Gasteiger partial charge in [-0.1, -0.05) is 0 Å². The molecule has 1 fully saturated rings. The number of amides is 1. The summed E-state index contributed by atoms with van der Waals surface area (Å²) in [6.07, 6.45) is 2.02. The van der Waals surface area contributed by atoms with Crippen molar-refractivity contribution in [3.05, 3.63) is 64.8 Å². The number of halogens is 4. The number of nitrogens with one attached hydrogen (secondary N) is 1. The number of alkyl halides is 2. The van der Waals surface area contributed by atoms with Crippen LogP contribution >= 0.6 is 12.4 Å². The molecule has 3 N–H and O–H groups in total. The predicted molar refractivity (Wildman–Crippen MR) is 136 cm³/mol. The fourth-order valence-electron chi connectivity index (χ4n) is 3.61. The molecule has 1 atom stereocenters. The second-order valence-corrected chi connectivity index (χ2v) is 8.78. The van der Waals surface area contributed by atoms with E-state index in [9.17, 15) is 22.8 Å². The third-order valence-electron chi connectivity index (χ3n) is 5.77. The van der Waals surface area contributed by atoms with Gasteiger partial charge in [0.05, 0.1) is 37.4 Å². The summed E-state index contributed by atoms with van der Waals surface area (Å²) in [6, 6.07) is 7.05. The number of esters is 1. The Kier molecular flexibility index (Phi) is 9.81. The first-order chi connectivity index (χ1) is 18.2. The van der Waals surface area contributed by atoms with Crippen LogP contribution in [0.3, 0.4) is 0 Å². The monoisotopic (exact) mass is 569 g/mol. The number of hydrogen-bond donors (Lipinski definition) is 2. The highest BCUT2D eigenvalue weighted by Crippen LogP contribution is 2.37. The van der Waals surface area contributed by atoms with Gasteiger partial charge in [-0.25, -0.2) is 14.2 Å². The highest BCUT2D eigenvalue weighted by Gasteiger charge is 2.25. The van der Waals surface area contributed by atoms with Crippen LogP contribution < -0.4 is 20.5 Å². The molecule has 39 heavy (non-hydrogen) atoms. The maximum Gasteiger partial charge on any atom is 0.387 e. The minimum absolute atomic E-state index is 0. The van der Waals surface area contributed by atoms with Crippen LogP contribution in [0.2, 0.25) is 0 Å². The van der Waals surface area contributed by atoms with Crippen LogP contribution in [0.15, 0.2) is 40.8 Å². The number of nitrogens with two attached hydrogens (primary N) is 1. The number of oxazole rings is 1. The molecule has 1 aliphatic carbocycles. The molecule has 1 saturated carbocycles. The molecule has 0 saturated heterocycles. The van der Waals surface area contributed by atoms with Crippen molar-refractivity contribution in [1.29, 1.82) is 0 Å². The molecule has 13 heteroatoms. The van der Waals surface area contributed by atoms with Gasteiger partial charge in [0.1, 0.15) is 17.3 Å². The summed E-state index contributed by atoms with van der Waals surface area (Å²) < 4.78 is 60.8. The number of ether oxygens (including phenoxy) is 3. The standard InChI is InChI=1S/C26H26F3N3O6.ClH/c1-13(30)22-19(11-31-23(33)17-7-5-16(9-18(17)27)25(34)35-2)32-24(38-22)15-6-8-20(37-26(28)29)21(10-15)36-12-14-3-4-14;/h5-10,13-14,26H,3-4,11-12,30H2,1-2H3,(H,31,33);1H/t13-;/m0./s1. The van der Waals surface area contributed by atoms with Crippen molar-refractivity contribution >= 4 is 24.3 Å². The molecule has 9 nitrogen and oxygen atoms in total. The molecule has 1 aliphatic rings. The number of rotatable bonds is 11. The van der Waals surface area contributed by atoms with Crippen molar-refractivity contribution in [3.8, 4) is 23.0 Å². The molecule has 0 spiro atoms. The van der Waals surface area contributed by atoms with Crippen LogP contribution in [0, 0.1) is 11.7 Å². The lowest BCUT2D eigenvalue weighted by atomic mass is 10.1. The third-order valence-corrected chi connectivity index (χ3v) is 5.77. The Hall–Kier alpha value is -3.77. The Morgan fingerprint density at radius 1 is 1.18 bits per heavy atom. The minimum atomic E-state index is -3.02. The normalized spacial score (nSPS) is 13.4. The van der Waals surface area contributed by atoms with Crippen molar-refractivity contribution in [2.45, 2.75) is 39.0 Å². The molecule has 1 aromatic heterocycles. The van der Waals surface area contributed by atoms with Gasteiger partial charge in [0.25, 0.3) is 5.91 Å². The van der Waals surface area contributed by atoms with E-state index in [1.165, 1.54) is 30.3 Å². The van der Waals surface area contributed by atoms with Gasteiger partial charge in [0, 0.05) is 5.56 Å². The summed E-state index contributed by atoms with van der Waals surface area (Å²) in [5, 5.41) is 2.56. The van der Waals surface area contributed by atoms with Gasteiger partial charge in [0.2, 0.25) is 5.89 Å². The van der Waals surface area contributed by atoms with Crippen LogP contribution in [-0.2, 0) is 11.3 Å². The van der Waals surface area contributed by atoms with Gasteiger partial charge in [-0.15, -0.1) is 12.4 Å². The average molecular weight is 570 g/mol. The van der Waals surface area contributed by atoms with Gasteiger partial charge >= 0.3 is 12.6 Å². The molecule has 2 aromatic carbocycles. The third kappa shape index (κ3) is 7.42. The van der Waals surface area contributed by atoms with Crippen LogP contribution in [0.25, 0.3) is 11.5 Å². The van der Waals surface area contributed by atoms with E-state index < -0.39 is 30.3 Å². The van der Waals surface area contributed by atoms with E-state index in [0.29, 0.717) is 23.8 Å². The average Bonchev–Trinajstić information content (AvgIpc) is 3.62. The van der Waals surface area contributed by atoms with E-state index in [4.69, 9.17) is 14.9 Å². The molecule has 210 valence electrons. The maximum atomic E-state index is 14.4. The number of nitrogens with zero attached hydrogens (tertiary/aromatic N) is 1. The van der Waals surface area contributed by atoms with Crippen LogP contribution in [-0.4, -0.2) is 37.2 Å². The molecule has 0 aliphatic heterocycles. The maximum absolute atomic E-state index is 14.4. The van der Waals surface area contributed by atoms with Crippen molar-refractivity contribution in [3.63, 3.8) is 0 Å². The van der Waals surface area contributed by atoms with Gasteiger partial charge in [0.15, 0.2) is 11.5 Å². The summed E-state index contributed by atoms with van der Waals surface area (Å²) >= 11 is 0. The Labute approximate surface area is 228 Å². The van der Waals surface area contributed by atoms with E-state index in [-0.39, 0.29) is 53.2 Å². The number of carbonyl (C=O) groups excluding carboxylic acids is 2. The summed E-state index contributed by atoms with van der Waals surface area (Å²) in [5.74, 6) is -1.60. The topological polar surface area (TPSA) is 126 Å². The van der Waals surface area contributed by atoms with Gasteiger partial charge in [-0.3, -0.25) is 4.79 Å². The van der Waals surface area contributed by atoms with Crippen LogP contribution in [0.5, 0.6) is 11.5 Å². The lowest BCUT2D eigenvalue weighted by Crippen LogP contribution is -2.25. The van der Waals surface area contributed by atoms with Gasteiger partial charge in [-0.2, -0.15) is 8.78 Å². The zero-order valence-corrected chi connectivity index (χ0v) is 21.9. The van der Waals surface area contributed by atoms with E-state index in [0.717, 1.165) is 26.0 Å². The molecular weight excluding hydrogens is 543 g/mol. The first-order valence-corrected chi connectivity index (χ1v) is 11.8. The van der Waals surface area contributed by atoms with Gasteiger partial charge in [-0.05, 0) is 62.1 Å². The molecule has 3 aromatic rings. The lowest BCUT2D eigenvalue weighted by Gasteiger charge is -2.12. The highest BCUT2D eigenvalue weighted by molar-refractivity contribution is 5.96. The Morgan fingerprint density at radius 2 is 1.92 bits per heavy atom. The number of benzene rings is 2. The van der Waals surface area contributed by atoms with Gasteiger partial charge < -0.3 is 29.7 Å². The van der Waals surface area contributed by atoms with E-state index in [1.54, 1.807) is 6.92 Å². The number of carbonyl (C=O) groups is 2. The number of aromatic nitrogens is 1. The van der Waals surface area contributed by atoms with Crippen molar-refractivity contribution < 1.29 is 41.4 Å². The Morgan fingerprint density at radius 3 is 2.54 bits per heavy atom. The molecule has 1 heterocycles. The molecule has 0 unspecified atom stereocenters. The Balaban J connectivity index is 0.00000420. The fraction of sp³-hybridized carbons (Fsp3) is 0.346. The summed E-state index contributed by atoms with van der Waals surface area (Å²) in [4.78, 5) is 28.6. The van der Waals surface area contributed by atoms with Crippen molar-refractivity contribution in [1.82, 2.24) is 10.3 Å². The van der Waals surface area contributed by atoms with Crippen LogP contribution in [0.4, 0.5) is 13.2 Å². The molecule has 4 rings (SSSR count). The molecule has 0 bridgehead atoms. The Bertz CT molecular complexity index is 1330.